The van der Waals surface area contributed by atoms with Gasteiger partial charge in [-0.3, -0.25) is 4.98 Å². The average molecular weight is 339 g/mol. The van der Waals surface area contributed by atoms with Gasteiger partial charge in [-0.15, -0.1) is 0 Å². The lowest BCUT2D eigenvalue weighted by Gasteiger charge is -2.12. The van der Waals surface area contributed by atoms with Crippen LogP contribution in [0.5, 0.6) is 5.75 Å². The Kier molecular flexibility index (Phi) is 4.45. The second kappa shape index (κ2) is 6.54. The summed E-state index contributed by atoms with van der Waals surface area (Å²) in [5.74, 6) is 0.801. The van der Waals surface area contributed by atoms with Crippen LogP contribution in [0.2, 0.25) is 5.02 Å². The topological polar surface area (TPSA) is 37.9 Å². The van der Waals surface area contributed by atoms with E-state index in [9.17, 15) is 0 Å². The number of H-pyrrole nitrogens is 1. The lowest BCUT2D eigenvalue weighted by atomic mass is 10.1. The number of halogens is 1. The van der Waals surface area contributed by atoms with E-state index in [0.29, 0.717) is 11.6 Å². The molecule has 0 aliphatic heterocycles. The number of aromatic amines is 1. The summed E-state index contributed by atoms with van der Waals surface area (Å²) in [4.78, 5) is 7.53. The molecular weight excluding hydrogens is 320 g/mol. The number of hydrogen-bond donors (Lipinski definition) is 1. The highest BCUT2D eigenvalue weighted by Crippen LogP contribution is 2.28. The summed E-state index contributed by atoms with van der Waals surface area (Å²) in [5, 5.41) is 1.63. The van der Waals surface area contributed by atoms with Gasteiger partial charge in [0.25, 0.3) is 0 Å². The highest BCUT2D eigenvalue weighted by molar-refractivity contribution is 6.31. The fourth-order valence-corrected chi connectivity index (χ4v) is 2.90. The Morgan fingerprint density at radius 1 is 1.33 bits per heavy atom. The van der Waals surface area contributed by atoms with Crippen LogP contribution in [0.25, 0.3) is 22.6 Å². The third-order valence-electron chi connectivity index (χ3n) is 4.11. The molecule has 0 saturated heterocycles. The summed E-state index contributed by atoms with van der Waals surface area (Å²) in [5.41, 5.74) is 6.02. The lowest BCUT2D eigenvalue weighted by Crippen LogP contribution is -2.01. The molecule has 0 atom stereocenters. The van der Waals surface area contributed by atoms with Gasteiger partial charge in [0.05, 0.1) is 10.5 Å². The minimum Gasteiger partial charge on any atom is -0.489 e. The number of rotatable bonds is 5. The van der Waals surface area contributed by atoms with Crippen LogP contribution >= 0.6 is 11.6 Å². The number of hydrogen-bond acceptors (Lipinski definition) is 2. The molecule has 0 aliphatic carbocycles. The highest BCUT2D eigenvalue weighted by atomic mass is 35.5. The van der Waals surface area contributed by atoms with Gasteiger partial charge in [0.1, 0.15) is 12.4 Å². The maximum atomic E-state index is 5.99. The molecule has 0 aliphatic rings. The van der Waals surface area contributed by atoms with Crippen molar-refractivity contribution >= 4 is 34.2 Å². The van der Waals surface area contributed by atoms with Crippen molar-refractivity contribution in [2.45, 2.75) is 13.8 Å². The maximum Gasteiger partial charge on any atom is 0.124 e. The number of aryl methyl sites for hydroxylation is 1. The van der Waals surface area contributed by atoms with Crippen LogP contribution in [0.4, 0.5) is 0 Å². The number of benzene rings is 1. The highest BCUT2D eigenvalue weighted by Gasteiger charge is 2.10. The number of nitrogens with one attached hydrogen (secondary N) is 1. The largest absolute Gasteiger partial charge is 0.489 e. The normalized spacial score (nSPS) is 10.8. The minimum absolute atomic E-state index is 0.412. The fraction of sp³-hybridized carbons (Fsp3) is 0.150. The number of ether oxygens (including phenoxy) is 1. The molecule has 2 aromatic heterocycles. The molecule has 3 rings (SSSR count). The Labute approximate surface area is 146 Å². The molecule has 0 bridgehead atoms. The van der Waals surface area contributed by atoms with E-state index in [1.807, 2.05) is 38.2 Å². The average Bonchev–Trinajstić information content (AvgIpc) is 2.93. The molecule has 3 aromatic rings. The molecule has 0 amide bonds. The molecule has 3 nitrogen and oxygen atoms in total. The monoisotopic (exact) mass is 338 g/mol. The SMILES string of the molecule is C=Cc1[nH]cc(C(=C)COc2cc3ncc(Cl)cc3cc2C)c1C. The molecular formula is C20H19ClN2O. The Bertz CT molecular complexity index is 940. The van der Waals surface area contributed by atoms with Crippen molar-refractivity contribution in [3.63, 3.8) is 0 Å². The van der Waals surface area contributed by atoms with Crippen molar-refractivity contribution in [1.29, 1.82) is 0 Å². The molecule has 4 heteroatoms. The molecule has 0 fully saturated rings. The maximum absolute atomic E-state index is 5.99. The number of nitrogens with zero attached hydrogens (tertiary/aromatic N) is 1. The molecule has 24 heavy (non-hydrogen) atoms. The van der Waals surface area contributed by atoms with Crippen molar-refractivity contribution in [3.8, 4) is 5.75 Å². The van der Waals surface area contributed by atoms with Crippen LogP contribution in [0, 0.1) is 13.8 Å². The van der Waals surface area contributed by atoms with Gasteiger partial charge in [0.15, 0.2) is 0 Å². The molecule has 0 spiro atoms. The van der Waals surface area contributed by atoms with Gasteiger partial charge in [0, 0.05) is 35.1 Å². The zero-order chi connectivity index (χ0) is 17.3. The summed E-state index contributed by atoms with van der Waals surface area (Å²) < 4.78 is 5.98. The van der Waals surface area contributed by atoms with Crippen LogP contribution in [-0.2, 0) is 0 Å². The molecule has 0 saturated carbocycles. The number of pyridine rings is 1. The first kappa shape index (κ1) is 16.3. The molecule has 0 radical (unpaired) electrons. The number of aromatic nitrogens is 2. The predicted molar refractivity (Wildman–Crippen MR) is 102 cm³/mol. The summed E-state index contributed by atoms with van der Waals surface area (Å²) >= 11 is 5.99. The van der Waals surface area contributed by atoms with Crippen LogP contribution in [0.3, 0.4) is 0 Å². The molecule has 122 valence electrons. The van der Waals surface area contributed by atoms with E-state index in [1.165, 1.54) is 0 Å². The van der Waals surface area contributed by atoms with Crippen LogP contribution < -0.4 is 4.74 Å². The lowest BCUT2D eigenvalue weighted by molar-refractivity contribution is 0.368. The van der Waals surface area contributed by atoms with E-state index in [1.54, 1.807) is 12.3 Å². The van der Waals surface area contributed by atoms with Gasteiger partial charge >= 0.3 is 0 Å². The standard InChI is InChI=1S/C20H19ClN2O/c1-5-18-14(4)17(10-23-18)13(3)11-24-20-8-19-15(6-12(20)2)7-16(21)9-22-19/h5-10,23H,1,3,11H2,2,4H3. The smallest absolute Gasteiger partial charge is 0.124 e. The fourth-order valence-electron chi connectivity index (χ4n) is 2.73. The van der Waals surface area contributed by atoms with E-state index >= 15 is 0 Å². The third kappa shape index (κ3) is 3.08. The molecule has 1 N–H and O–H groups in total. The van der Waals surface area contributed by atoms with E-state index in [2.05, 4.69) is 23.1 Å². The zero-order valence-corrected chi connectivity index (χ0v) is 14.6. The van der Waals surface area contributed by atoms with Crippen LogP contribution in [0.1, 0.15) is 22.4 Å². The Morgan fingerprint density at radius 3 is 2.83 bits per heavy atom. The Hall–Kier alpha value is -2.52. The van der Waals surface area contributed by atoms with Gasteiger partial charge < -0.3 is 9.72 Å². The molecule has 1 aromatic carbocycles. The van der Waals surface area contributed by atoms with Crippen molar-refractivity contribution in [1.82, 2.24) is 9.97 Å². The summed E-state index contributed by atoms with van der Waals surface area (Å²) in [6, 6.07) is 5.87. The van der Waals surface area contributed by atoms with E-state index in [0.717, 1.165) is 44.6 Å². The van der Waals surface area contributed by atoms with Gasteiger partial charge in [-0.25, -0.2) is 0 Å². The zero-order valence-electron chi connectivity index (χ0n) is 13.8. The Morgan fingerprint density at radius 2 is 2.12 bits per heavy atom. The molecule has 0 unspecified atom stereocenters. The first-order valence-electron chi connectivity index (χ1n) is 7.67. The van der Waals surface area contributed by atoms with Gasteiger partial charge in [-0.1, -0.05) is 24.8 Å². The van der Waals surface area contributed by atoms with E-state index in [4.69, 9.17) is 16.3 Å². The van der Waals surface area contributed by atoms with Crippen molar-refractivity contribution < 1.29 is 4.74 Å². The summed E-state index contributed by atoms with van der Waals surface area (Å²) in [6.45, 7) is 12.4. The number of fused-ring (bicyclic) bond motifs is 1. The summed E-state index contributed by atoms with van der Waals surface area (Å²) in [6.07, 6.45) is 5.38. The first-order chi connectivity index (χ1) is 11.5. The van der Waals surface area contributed by atoms with Gasteiger partial charge in [0.2, 0.25) is 0 Å². The first-order valence-corrected chi connectivity index (χ1v) is 8.04. The molecule has 2 heterocycles. The Balaban J connectivity index is 1.81. The second-order valence-corrected chi connectivity index (χ2v) is 6.24. The van der Waals surface area contributed by atoms with Crippen molar-refractivity contribution in [3.05, 3.63) is 71.2 Å². The van der Waals surface area contributed by atoms with Crippen molar-refractivity contribution in [2.24, 2.45) is 0 Å². The second-order valence-electron chi connectivity index (χ2n) is 5.80. The summed E-state index contributed by atoms with van der Waals surface area (Å²) in [7, 11) is 0. The van der Waals surface area contributed by atoms with Gasteiger partial charge in [-0.2, -0.15) is 0 Å². The van der Waals surface area contributed by atoms with E-state index < -0.39 is 0 Å². The predicted octanol–water partition coefficient (Wildman–Crippen LogP) is 5.57. The quantitative estimate of drug-likeness (QED) is 0.660. The third-order valence-corrected chi connectivity index (χ3v) is 4.32. The van der Waals surface area contributed by atoms with Gasteiger partial charge in [-0.05, 0) is 48.8 Å². The van der Waals surface area contributed by atoms with Crippen LogP contribution in [-0.4, -0.2) is 16.6 Å². The van der Waals surface area contributed by atoms with Crippen LogP contribution in [0.15, 0.2) is 43.8 Å². The minimum atomic E-state index is 0.412. The van der Waals surface area contributed by atoms with E-state index in [-0.39, 0.29) is 0 Å². The van der Waals surface area contributed by atoms with Crippen molar-refractivity contribution in [2.75, 3.05) is 6.61 Å².